The standard InChI is InChI=1S/C14H17F2NO/c1-9-7-11(17)4-5-12(9)13(18)10-3-2-6-14(15,16)8-10/h4-5,7,10H,2-3,6,8,17H2,1H3. The van der Waals surface area contributed by atoms with Crippen LogP contribution in [0.1, 0.15) is 41.6 Å². The normalized spacial score (nSPS) is 22.7. The van der Waals surface area contributed by atoms with Crippen LogP contribution in [0, 0.1) is 12.8 Å². The molecule has 0 bridgehead atoms. The Hall–Kier alpha value is -1.45. The SMILES string of the molecule is Cc1cc(N)ccc1C(=O)C1CCCC(F)(F)C1. The van der Waals surface area contributed by atoms with Gasteiger partial charge in [0.1, 0.15) is 0 Å². The highest BCUT2D eigenvalue weighted by molar-refractivity contribution is 5.99. The molecule has 0 amide bonds. The van der Waals surface area contributed by atoms with Gasteiger partial charge in [0.2, 0.25) is 5.92 Å². The summed E-state index contributed by atoms with van der Waals surface area (Å²) in [5.41, 5.74) is 7.48. The van der Waals surface area contributed by atoms with Crippen molar-refractivity contribution < 1.29 is 13.6 Å². The van der Waals surface area contributed by atoms with Gasteiger partial charge in [0, 0.05) is 30.0 Å². The average molecular weight is 253 g/mol. The number of anilines is 1. The maximum absolute atomic E-state index is 13.3. The zero-order valence-corrected chi connectivity index (χ0v) is 10.4. The lowest BCUT2D eigenvalue weighted by Crippen LogP contribution is -2.30. The fourth-order valence-electron chi connectivity index (χ4n) is 2.58. The highest BCUT2D eigenvalue weighted by Gasteiger charge is 2.39. The molecule has 1 atom stereocenters. The Balaban J connectivity index is 2.20. The number of hydrogen-bond donors (Lipinski definition) is 1. The van der Waals surface area contributed by atoms with Crippen LogP contribution in [-0.4, -0.2) is 11.7 Å². The molecule has 0 heterocycles. The molecule has 2 nitrogen and oxygen atoms in total. The Kier molecular flexibility index (Phi) is 3.37. The molecule has 4 heteroatoms. The van der Waals surface area contributed by atoms with E-state index in [0.717, 1.165) is 5.56 Å². The molecule has 0 radical (unpaired) electrons. The largest absolute Gasteiger partial charge is 0.399 e. The summed E-state index contributed by atoms with van der Waals surface area (Å²) in [6, 6.07) is 4.98. The van der Waals surface area contributed by atoms with Crippen LogP contribution in [0.3, 0.4) is 0 Å². The van der Waals surface area contributed by atoms with Crippen molar-refractivity contribution in [3.05, 3.63) is 29.3 Å². The Morgan fingerprint density at radius 3 is 2.78 bits per heavy atom. The number of carbonyl (C=O) groups excluding carboxylic acids is 1. The second-order valence-corrected chi connectivity index (χ2v) is 5.09. The van der Waals surface area contributed by atoms with Gasteiger partial charge in [-0.15, -0.1) is 0 Å². The molecule has 18 heavy (non-hydrogen) atoms. The molecule has 0 aromatic heterocycles. The lowest BCUT2D eigenvalue weighted by molar-refractivity contribution is -0.0478. The summed E-state index contributed by atoms with van der Waals surface area (Å²) >= 11 is 0. The molecule has 1 aliphatic rings. The minimum Gasteiger partial charge on any atom is -0.399 e. The van der Waals surface area contributed by atoms with Gasteiger partial charge in [0.15, 0.2) is 5.78 Å². The molecule has 1 unspecified atom stereocenters. The Morgan fingerprint density at radius 2 is 2.17 bits per heavy atom. The Bertz CT molecular complexity index is 471. The van der Waals surface area contributed by atoms with Gasteiger partial charge in [-0.25, -0.2) is 8.78 Å². The molecule has 2 rings (SSSR count). The monoisotopic (exact) mass is 253 g/mol. The zero-order valence-electron chi connectivity index (χ0n) is 10.4. The number of carbonyl (C=O) groups is 1. The molecule has 0 aliphatic heterocycles. The molecular weight excluding hydrogens is 236 g/mol. The number of nitrogens with two attached hydrogens (primary N) is 1. The van der Waals surface area contributed by atoms with Crippen molar-refractivity contribution >= 4 is 11.5 Å². The quantitative estimate of drug-likeness (QED) is 0.646. The first-order valence-corrected chi connectivity index (χ1v) is 6.17. The molecule has 1 aromatic carbocycles. The van der Waals surface area contributed by atoms with Crippen LogP contribution in [0.5, 0.6) is 0 Å². The number of nitrogen functional groups attached to an aromatic ring is 1. The summed E-state index contributed by atoms with van der Waals surface area (Å²) in [5, 5.41) is 0. The van der Waals surface area contributed by atoms with Gasteiger partial charge in [-0.1, -0.05) is 0 Å². The summed E-state index contributed by atoms with van der Waals surface area (Å²) in [7, 11) is 0. The van der Waals surface area contributed by atoms with E-state index in [9.17, 15) is 13.6 Å². The third-order valence-electron chi connectivity index (χ3n) is 3.53. The van der Waals surface area contributed by atoms with E-state index < -0.39 is 11.8 Å². The van der Waals surface area contributed by atoms with E-state index >= 15 is 0 Å². The van der Waals surface area contributed by atoms with Gasteiger partial charge in [-0.2, -0.15) is 0 Å². The third kappa shape index (κ3) is 2.68. The molecule has 98 valence electrons. The topological polar surface area (TPSA) is 43.1 Å². The van der Waals surface area contributed by atoms with Crippen LogP contribution >= 0.6 is 0 Å². The Labute approximate surface area is 105 Å². The lowest BCUT2D eigenvalue weighted by atomic mass is 9.81. The number of hydrogen-bond acceptors (Lipinski definition) is 2. The maximum atomic E-state index is 13.3. The summed E-state index contributed by atoms with van der Waals surface area (Å²) in [4.78, 5) is 12.2. The number of ketones is 1. The van der Waals surface area contributed by atoms with Crippen molar-refractivity contribution in [3.8, 4) is 0 Å². The predicted molar refractivity (Wildman–Crippen MR) is 66.8 cm³/mol. The van der Waals surface area contributed by atoms with E-state index in [0.29, 0.717) is 24.1 Å². The number of alkyl halides is 2. The smallest absolute Gasteiger partial charge is 0.248 e. The van der Waals surface area contributed by atoms with Gasteiger partial charge < -0.3 is 5.73 Å². The summed E-state index contributed by atoms with van der Waals surface area (Å²) in [5.74, 6) is -3.43. The first-order valence-electron chi connectivity index (χ1n) is 6.17. The fourth-order valence-corrected chi connectivity index (χ4v) is 2.58. The molecule has 1 aromatic rings. The van der Waals surface area contributed by atoms with Gasteiger partial charge in [-0.3, -0.25) is 4.79 Å². The van der Waals surface area contributed by atoms with Crippen LogP contribution in [0.4, 0.5) is 14.5 Å². The van der Waals surface area contributed by atoms with E-state index in [1.54, 1.807) is 25.1 Å². The minimum atomic E-state index is -2.69. The van der Waals surface area contributed by atoms with E-state index in [2.05, 4.69) is 0 Å². The van der Waals surface area contributed by atoms with Crippen LogP contribution in [0.2, 0.25) is 0 Å². The molecule has 1 saturated carbocycles. The van der Waals surface area contributed by atoms with Gasteiger partial charge in [0.05, 0.1) is 0 Å². The van der Waals surface area contributed by atoms with Crippen molar-refractivity contribution in [2.24, 2.45) is 5.92 Å². The average Bonchev–Trinajstić information content (AvgIpc) is 2.27. The van der Waals surface area contributed by atoms with E-state index in [-0.39, 0.29) is 18.6 Å². The second-order valence-electron chi connectivity index (χ2n) is 5.09. The molecular formula is C14H17F2NO. The van der Waals surface area contributed by atoms with Gasteiger partial charge in [0.25, 0.3) is 0 Å². The molecule has 0 saturated heterocycles. The number of halogens is 2. The molecule has 0 spiro atoms. The summed E-state index contributed by atoms with van der Waals surface area (Å²) in [6.07, 6.45) is 0.544. The zero-order chi connectivity index (χ0) is 13.3. The number of rotatable bonds is 2. The van der Waals surface area contributed by atoms with Crippen LogP contribution < -0.4 is 5.73 Å². The van der Waals surface area contributed by atoms with E-state index in [1.165, 1.54) is 0 Å². The van der Waals surface area contributed by atoms with Crippen molar-refractivity contribution in [1.82, 2.24) is 0 Å². The van der Waals surface area contributed by atoms with Gasteiger partial charge in [-0.05, 0) is 43.5 Å². The molecule has 2 N–H and O–H groups in total. The second kappa shape index (κ2) is 4.67. The van der Waals surface area contributed by atoms with Crippen molar-refractivity contribution in [3.63, 3.8) is 0 Å². The highest BCUT2D eigenvalue weighted by atomic mass is 19.3. The maximum Gasteiger partial charge on any atom is 0.248 e. The lowest BCUT2D eigenvalue weighted by Gasteiger charge is -2.28. The van der Waals surface area contributed by atoms with Gasteiger partial charge >= 0.3 is 0 Å². The first-order chi connectivity index (χ1) is 8.39. The van der Waals surface area contributed by atoms with E-state index in [1.807, 2.05) is 0 Å². The fraction of sp³-hybridized carbons (Fsp3) is 0.500. The number of benzene rings is 1. The summed E-state index contributed by atoms with van der Waals surface area (Å²) < 4.78 is 26.6. The Morgan fingerprint density at radius 1 is 1.44 bits per heavy atom. The van der Waals surface area contributed by atoms with E-state index in [4.69, 9.17) is 5.73 Å². The van der Waals surface area contributed by atoms with Crippen molar-refractivity contribution in [2.45, 2.75) is 38.5 Å². The predicted octanol–water partition coefficient (Wildman–Crippen LogP) is 3.59. The number of aryl methyl sites for hydroxylation is 1. The van der Waals surface area contributed by atoms with Crippen LogP contribution in [-0.2, 0) is 0 Å². The first kappa shape index (κ1) is 13.0. The van der Waals surface area contributed by atoms with Crippen LogP contribution in [0.25, 0.3) is 0 Å². The van der Waals surface area contributed by atoms with Crippen LogP contribution in [0.15, 0.2) is 18.2 Å². The number of Topliss-reactive ketones (excluding diaryl/α,β-unsaturated/α-hetero) is 1. The van der Waals surface area contributed by atoms with Crippen molar-refractivity contribution in [1.29, 1.82) is 0 Å². The molecule has 1 fully saturated rings. The highest BCUT2D eigenvalue weighted by Crippen LogP contribution is 2.38. The van der Waals surface area contributed by atoms with Crippen molar-refractivity contribution in [2.75, 3.05) is 5.73 Å². The minimum absolute atomic E-state index is 0.0997. The molecule has 1 aliphatic carbocycles. The summed E-state index contributed by atoms with van der Waals surface area (Å²) in [6.45, 7) is 1.78. The third-order valence-corrected chi connectivity index (χ3v) is 3.53.